The highest BCUT2D eigenvalue weighted by atomic mass is 35.5. The van der Waals surface area contributed by atoms with Crippen molar-refractivity contribution in [2.75, 3.05) is 10.6 Å². The zero-order valence-electron chi connectivity index (χ0n) is 13.5. The van der Waals surface area contributed by atoms with Crippen molar-refractivity contribution >= 4 is 40.6 Å². The van der Waals surface area contributed by atoms with Gasteiger partial charge in [-0.05, 0) is 36.4 Å². The molecule has 3 rings (SSSR count). The van der Waals surface area contributed by atoms with E-state index < -0.39 is 0 Å². The van der Waals surface area contributed by atoms with Gasteiger partial charge in [0.05, 0.1) is 10.7 Å². The molecule has 1 aromatic heterocycles. The van der Waals surface area contributed by atoms with E-state index in [1.165, 1.54) is 12.3 Å². The molecule has 3 aromatic rings. The molecule has 0 spiro atoms. The Morgan fingerprint density at radius 2 is 1.88 bits per heavy atom. The average molecular weight is 390 g/mol. The fourth-order valence-electron chi connectivity index (χ4n) is 2.28. The van der Waals surface area contributed by atoms with E-state index in [1.807, 2.05) is 0 Å². The minimum atomic E-state index is -0.356. The number of halogens is 3. The van der Waals surface area contributed by atoms with Crippen LogP contribution < -0.4 is 10.6 Å². The van der Waals surface area contributed by atoms with E-state index in [0.29, 0.717) is 32.7 Å². The van der Waals surface area contributed by atoms with Crippen LogP contribution in [0.5, 0.6) is 0 Å². The Morgan fingerprint density at radius 3 is 2.69 bits per heavy atom. The number of hydrogen-bond acceptors (Lipinski definition) is 3. The molecule has 0 atom stereocenters. The van der Waals surface area contributed by atoms with E-state index in [2.05, 4.69) is 15.6 Å². The van der Waals surface area contributed by atoms with Crippen LogP contribution in [0.2, 0.25) is 10.0 Å². The van der Waals surface area contributed by atoms with Crippen molar-refractivity contribution in [2.24, 2.45) is 0 Å². The van der Waals surface area contributed by atoms with Gasteiger partial charge in [0, 0.05) is 28.9 Å². The van der Waals surface area contributed by atoms with E-state index in [9.17, 15) is 9.18 Å². The van der Waals surface area contributed by atoms with E-state index in [4.69, 9.17) is 23.2 Å². The largest absolute Gasteiger partial charge is 0.366 e. The molecule has 0 aliphatic heterocycles. The third-order valence-corrected chi connectivity index (χ3v) is 4.18. The molecule has 0 fully saturated rings. The van der Waals surface area contributed by atoms with Gasteiger partial charge in [0.2, 0.25) is 0 Å². The van der Waals surface area contributed by atoms with Crippen molar-refractivity contribution in [2.45, 2.75) is 6.54 Å². The van der Waals surface area contributed by atoms with E-state index in [1.54, 1.807) is 48.5 Å². The standard InChI is InChI=1S/C19H14Cl2FN3O/c20-14-5-6-15(21)17(10-14)25-19(26)12-7-8-23-18(9-12)24-11-13-3-1-2-4-16(13)22/h1-10H,11H2,(H,23,24)(H,25,26). The fraction of sp³-hybridized carbons (Fsp3) is 0.0526. The molecular weight excluding hydrogens is 376 g/mol. The topological polar surface area (TPSA) is 54.0 Å². The Morgan fingerprint density at radius 1 is 1.08 bits per heavy atom. The first-order valence-corrected chi connectivity index (χ1v) is 8.48. The van der Waals surface area contributed by atoms with Crippen molar-refractivity contribution in [1.82, 2.24) is 4.98 Å². The number of amides is 1. The van der Waals surface area contributed by atoms with Crippen LogP contribution in [-0.4, -0.2) is 10.9 Å². The number of nitrogens with one attached hydrogen (secondary N) is 2. The number of carbonyl (C=O) groups is 1. The summed E-state index contributed by atoms with van der Waals surface area (Å²) >= 11 is 12.0. The highest BCUT2D eigenvalue weighted by molar-refractivity contribution is 6.35. The van der Waals surface area contributed by atoms with Gasteiger partial charge in [-0.1, -0.05) is 41.4 Å². The third kappa shape index (κ3) is 4.50. The molecule has 2 aromatic carbocycles. The van der Waals surface area contributed by atoms with Gasteiger partial charge in [0.15, 0.2) is 0 Å². The molecule has 0 bridgehead atoms. The maximum Gasteiger partial charge on any atom is 0.255 e. The van der Waals surface area contributed by atoms with Crippen molar-refractivity contribution in [1.29, 1.82) is 0 Å². The molecule has 1 heterocycles. The second kappa shape index (κ2) is 8.17. The van der Waals surface area contributed by atoms with Crippen molar-refractivity contribution in [3.8, 4) is 0 Å². The second-order valence-corrected chi connectivity index (χ2v) is 6.30. The summed E-state index contributed by atoms with van der Waals surface area (Å²) in [6, 6.07) is 14.4. The third-order valence-electron chi connectivity index (χ3n) is 3.62. The molecule has 0 saturated carbocycles. The van der Waals surface area contributed by atoms with Gasteiger partial charge in [-0.2, -0.15) is 0 Å². The smallest absolute Gasteiger partial charge is 0.255 e. The normalized spacial score (nSPS) is 10.4. The van der Waals surface area contributed by atoms with Crippen LogP contribution >= 0.6 is 23.2 Å². The first-order valence-electron chi connectivity index (χ1n) is 7.72. The summed E-state index contributed by atoms with van der Waals surface area (Å²) in [5.74, 6) is -0.201. The van der Waals surface area contributed by atoms with Crippen molar-refractivity contribution in [3.05, 3.63) is 87.8 Å². The van der Waals surface area contributed by atoms with Crippen LogP contribution in [0, 0.1) is 5.82 Å². The summed E-state index contributed by atoms with van der Waals surface area (Å²) in [7, 11) is 0. The number of nitrogens with zero attached hydrogens (tertiary/aromatic N) is 1. The lowest BCUT2D eigenvalue weighted by Gasteiger charge is -2.10. The van der Waals surface area contributed by atoms with Crippen LogP contribution in [-0.2, 0) is 6.54 Å². The van der Waals surface area contributed by atoms with Crippen LogP contribution in [0.25, 0.3) is 0 Å². The number of rotatable bonds is 5. The first kappa shape index (κ1) is 18.2. The number of carbonyl (C=O) groups excluding carboxylic acids is 1. The monoisotopic (exact) mass is 389 g/mol. The molecule has 0 saturated heterocycles. The lowest BCUT2D eigenvalue weighted by Crippen LogP contribution is -2.13. The highest BCUT2D eigenvalue weighted by Crippen LogP contribution is 2.26. The maximum absolute atomic E-state index is 13.7. The zero-order valence-corrected chi connectivity index (χ0v) is 15.0. The van der Waals surface area contributed by atoms with Gasteiger partial charge in [-0.3, -0.25) is 4.79 Å². The van der Waals surface area contributed by atoms with Gasteiger partial charge in [-0.15, -0.1) is 0 Å². The van der Waals surface area contributed by atoms with Crippen LogP contribution in [0.3, 0.4) is 0 Å². The van der Waals surface area contributed by atoms with Crippen LogP contribution in [0.1, 0.15) is 15.9 Å². The summed E-state index contributed by atoms with van der Waals surface area (Å²) in [5, 5.41) is 6.56. The van der Waals surface area contributed by atoms with E-state index in [-0.39, 0.29) is 18.3 Å². The Labute approximate surface area is 160 Å². The number of pyridine rings is 1. The molecule has 132 valence electrons. The molecular formula is C19H14Cl2FN3O. The van der Waals surface area contributed by atoms with Gasteiger partial charge < -0.3 is 10.6 Å². The molecule has 4 nitrogen and oxygen atoms in total. The summed E-state index contributed by atoms with van der Waals surface area (Å²) in [5.41, 5.74) is 1.31. The van der Waals surface area contributed by atoms with E-state index >= 15 is 0 Å². The minimum Gasteiger partial charge on any atom is -0.366 e. The second-order valence-electron chi connectivity index (χ2n) is 5.45. The predicted octanol–water partition coefficient (Wildman–Crippen LogP) is 5.39. The van der Waals surface area contributed by atoms with Crippen LogP contribution in [0.4, 0.5) is 15.9 Å². The first-order chi connectivity index (χ1) is 12.5. The molecule has 7 heteroatoms. The Hall–Kier alpha value is -2.63. The summed E-state index contributed by atoms with van der Waals surface area (Å²) < 4.78 is 13.7. The van der Waals surface area contributed by atoms with Crippen molar-refractivity contribution < 1.29 is 9.18 Å². The molecule has 1 amide bonds. The molecule has 0 radical (unpaired) electrons. The Balaban J connectivity index is 1.71. The van der Waals surface area contributed by atoms with Gasteiger partial charge in [0.25, 0.3) is 5.91 Å². The zero-order chi connectivity index (χ0) is 18.5. The predicted molar refractivity (Wildman–Crippen MR) is 102 cm³/mol. The Kier molecular flexibility index (Phi) is 5.71. The average Bonchev–Trinajstić information content (AvgIpc) is 2.64. The van der Waals surface area contributed by atoms with Gasteiger partial charge in [-0.25, -0.2) is 9.37 Å². The lowest BCUT2D eigenvalue weighted by molar-refractivity contribution is 0.102. The van der Waals surface area contributed by atoms with Crippen molar-refractivity contribution in [3.63, 3.8) is 0 Å². The summed E-state index contributed by atoms with van der Waals surface area (Å²) in [4.78, 5) is 16.6. The van der Waals surface area contributed by atoms with Gasteiger partial charge in [0.1, 0.15) is 11.6 Å². The SMILES string of the molecule is O=C(Nc1cc(Cl)ccc1Cl)c1ccnc(NCc2ccccc2F)c1. The Bertz CT molecular complexity index is 950. The summed E-state index contributed by atoms with van der Waals surface area (Å²) in [6.45, 7) is 0.255. The molecule has 0 aliphatic carbocycles. The lowest BCUT2D eigenvalue weighted by atomic mass is 10.2. The molecule has 0 aliphatic rings. The number of anilines is 2. The number of hydrogen-bond donors (Lipinski definition) is 2. The molecule has 0 unspecified atom stereocenters. The highest BCUT2D eigenvalue weighted by Gasteiger charge is 2.10. The van der Waals surface area contributed by atoms with E-state index in [0.717, 1.165) is 0 Å². The van der Waals surface area contributed by atoms with Crippen LogP contribution in [0.15, 0.2) is 60.8 Å². The summed E-state index contributed by atoms with van der Waals surface area (Å²) in [6.07, 6.45) is 1.50. The number of benzene rings is 2. The minimum absolute atomic E-state index is 0.255. The molecule has 26 heavy (non-hydrogen) atoms. The fourth-order valence-corrected chi connectivity index (χ4v) is 2.62. The quantitative estimate of drug-likeness (QED) is 0.614. The maximum atomic E-state index is 13.7. The molecule has 2 N–H and O–H groups in total. The van der Waals surface area contributed by atoms with Gasteiger partial charge >= 0.3 is 0 Å². The number of aromatic nitrogens is 1.